The van der Waals surface area contributed by atoms with E-state index in [0.717, 1.165) is 12.8 Å². The second-order valence-corrected chi connectivity index (χ2v) is 6.75. The van der Waals surface area contributed by atoms with Gasteiger partial charge in [-0.25, -0.2) is 0 Å². The van der Waals surface area contributed by atoms with Crippen LogP contribution < -0.4 is 0 Å². The van der Waals surface area contributed by atoms with E-state index in [4.69, 9.17) is 0 Å². The van der Waals surface area contributed by atoms with Crippen LogP contribution in [0.25, 0.3) is 0 Å². The van der Waals surface area contributed by atoms with Gasteiger partial charge in [-0.3, -0.25) is 4.79 Å². The van der Waals surface area contributed by atoms with Crippen molar-refractivity contribution in [1.82, 2.24) is 0 Å². The molecule has 3 rings (SSSR count). The Morgan fingerprint density at radius 3 is 1.36 bits per heavy atom. The van der Waals surface area contributed by atoms with Crippen molar-refractivity contribution in [3.63, 3.8) is 0 Å². The van der Waals surface area contributed by atoms with Crippen LogP contribution in [-0.2, 0) is 10.2 Å². The molecular weight excluding hydrogens is 324 g/mol. The molecule has 0 bridgehead atoms. The van der Waals surface area contributed by atoms with E-state index in [-0.39, 0.29) is 10.5 Å². The molecule has 0 amide bonds. The molecule has 0 aliphatic heterocycles. The Bertz CT molecular complexity index is 701. The van der Waals surface area contributed by atoms with Gasteiger partial charge in [0, 0.05) is 11.8 Å². The number of benzene rings is 3. The van der Waals surface area contributed by atoms with Gasteiger partial charge in [-0.15, -0.1) is 12.6 Å². The highest BCUT2D eigenvalue weighted by Gasteiger charge is 2.35. The summed E-state index contributed by atoms with van der Waals surface area (Å²) in [6.45, 7) is 0. The highest BCUT2D eigenvalue weighted by molar-refractivity contribution is 7.96. The molecular formula is C23H22OS. The van der Waals surface area contributed by atoms with Gasteiger partial charge in [0.05, 0.1) is 0 Å². The molecule has 0 aromatic heterocycles. The molecule has 3 aromatic carbocycles. The van der Waals surface area contributed by atoms with Crippen LogP contribution in [0.15, 0.2) is 91.0 Å². The fourth-order valence-corrected chi connectivity index (χ4v) is 3.76. The first-order chi connectivity index (χ1) is 12.2. The normalized spacial score (nSPS) is 11.2. The summed E-state index contributed by atoms with van der Waals surface area (Å²) in [5.74, 6) is 0. The Kier molecular flexibility index (Phi) is 5.72. The molecule has 25 heavy (non-hydrogen) atoms. The third-order valence-electron chi connectivity index (χ3n) is 4.74. The predicted octanol–water partition coefficient (Wildman–Crippen LogP) is 5.65. The number of hydrogen-bond donors (Lipinski definition) is 1. The minimum atomic E-state index is -0.271. The lowest BCUT2D eigenvalue weighted by Crippen LogP contribution is -2.29. The number of carbonyl (C=O) groups is 1. The molecule has 0 saturated heterocycles. The Balaban J connectivity index is 2.18. The first-order valence-electron chi connectivity index (χ1n) is 8.62. The maximum absolute atomic E-state index is 11.4. The molecule has 0 atom stereocenters. The van der Waals surface area contributed by atoms with E-state index in [0.29, 0.717) is 6.42 Å². The summed E-state index contributed by atoms with van der Waals surface area (Å²) in [6.07, 6.45) is 2.13. The SMILES string of the molecule is O=C(S)CCCC(c1ccccc1)(c1ccccc1)c1ccccc1. The van der Waals surface area contributed by atoms with E-state index in [1.54, 1.807) is 0 Å². The maximum atomic E-state index is 11.4. The van der Waals surface area contributed by atoms with Crippen LogP contribution >= 0.6 is 12.6 Å². The zero-order valence-electron chi connectivity index (χ0n) is 14.1. The van der Waals surface area contributed by atoms with Gasteiger partial charge in [0.25, 0.3) is 0 Å². The molecule has 2 heteroatoms. The molecule has 0 spiro atoms. The smallest absolute Gasteiger partial charge is 0.185 e. The molecule has 1 nitrogen and oxygen atoms in total. The van der Waals surface area contributed by atoms with E-state index in [9.17, 15) is 4.79 Å². The second-order valence-electron chi connectivity index (χ2n) is 6.25. The number of thiol groups is 1. The van der Waals surface area contributed by atoms with Gasteiger partial charge in [0.2, 0.25) is 0 Å². The van der Waals surface area contributed by atoms with Crippen molar-refractivity contribution in [2.45, 2.75) is 24.7 Å². The van der Waals surface area contributed by atoms with Gasteiger partial charge in [-0.1, -0.05) is 91.0 Å². The first kappa shape index (κ1) is 17.5. The number of rotatable bonds is 7. The van der Waals surface area contributed by atoms with Crippen LogP contribution in [0.1, 0.15) is 36.0 Å². The van der Waals surface area contributed by atoms with Crippen LogP contribution in [0.5, 0.6) is 0 Å². The molecule has 3 aromatic rings. The number of carbonyl (C=O) groups excluding carboxylic acids is 1. The van der Waals surface area contributed by atoms with Crippen molar-refractivity contribution in [3.05, 3.63) is 108 Å². The first-order valence-corrected chi connectivity index (χ1v) is 9.06. The van der Waals surface area contributed by atoms with E-state index in [2.05, 4.69) is 85.4 Å². The maximum Gasteiger partial charge on any atom is 0.185 e. The molecule has 126 valence electrons. The molecule has 0 saturated carbocycles. The van der Waals surface area contributed by atoms with Crippen molar-refractivity contribution >= 4 is 17.7 Å². The van der Waals surface area contributed by atoms with Gasteiger partial charge in [0.1, 0.15) is 0 Å². The minimum absolute atomic E-state index is 0.0527. The minimum Gasteiger partial charge on any atom is -0.288 e. The summed E-state index contributed by atoms with van der Waals surface area (Å²) in [5, 5.41) is -0.0527. The van der Waals surface area contributed by atoms with Crippen molar-refractivity contribution < 1.29 is 4.79 Å². The third kappa shape index (κ3) is 3.85. The van der Waals surface area contributed by atoms with Gasteiger partial charge < -0.3 is 0 Å². The van der Waals surface area contributed by atoms with E-state index in [1.807, 2.05) is 18.2 Å². The summed E-state index contributed by atoms with van der Waals surface area (Å²) in [5.41, 5.74) is 3.48. The third-order valence-corrected chi connectivity index (χ3v) is 4.97. The highest BCUT2D eigenvalue weighted by atomic mass is 32.1. The van der Waals surface area contributed by atoms with Crippen LogP contribution in [0.3, 0.4) is 0 Å². The standard InChI is InChI=1S/C23H22OS/c24-22(25)17-10-18-23(19-11-4-1-5-12-19,20-13-6-2-7-14-20)21-15-8-3-9-16-21/h1-9,11-16H,10,17-18H2,(H,24,25). The molecule has 0 radical (unpaired) electrons. The fourth-order valence-electron chi connectivity index (χ4n) is 3.61. The molecule has 0 unspecified atom stereocenters. The van der Waals surface area contributed by atoms with E-state index in [1.165, 1.54) is 16.7 Å². The van der Waals surface area contributed by atoms with Crippen molar-refractivity contribution in [3.8, 4) is 0 Å². The van der Waals surface area contributed by atoms with Gasteiger partial charge in [0.15, 0.2) is 5.12 Å². The van der Waals surface area contributed by atoms with Crippen LogP contribution in [0.2, 0.25) is 0 Å². The summed E-state index contributed by atoms with van der Waals surface area (Å²) in [7, 11) is 0. The largest absolute Gasteiger partial charge is 0.288 e. The molecule has 0 aliphatic rings. The molecule has 0 fully saturated rings. The molecule has 0 aliphatic carbocycles. The van der Waals surface area contributed by atoms with Crippen LogP contribution in [-0.4, -0.2) is 5.12 Å². The summed E-state index contributed by atoms with van der Waals surface area (Å²) in [4.78, 5) is 11.4. The summed E-state index contributed by atoms with van der Waals surface area (Å²) >= 11 is 3.95. The highest BCUT2D eigenvalue weighted by Crippen LogP contribution is 2.43. The van der Waals surface area contributed by atoms with Crippen molar-refractivity contribution in [1.29, 1.82) is 0 Å². The predicted molar refractivity (Wildman–Crippen MR) is 107 cm³/mol. The number of hydrogen-bond acceptors (Lipinski definition) is 1. The fraction of sp³-hybridized carbons (Fsp3) is 0.174. The summed E-state index contributed by atoms with van der Waals surface area (Å²) in [6, 6.07) is 31.7. The van der Waals surface area contributed by atoms with E-state index < -0.39 is 0 Å². The van der Waals surface area contributed by atoms with E-state index >= 15 is 0 Å². The van der Waals surface area contributed by atoms with Crippen molar-refractivity contribution in [2.75, 3.05) is 0 Å². The lowest BCUT2D eigenvalue weighted by Gasteiger charge is -2.36. The Labute approximate surface area is 155 Å². The topological polar surface area (TPSA) is 17.1 Å². The van der Waals surface area contributed by atoms with Crippen molar-refractivity contribution in [2.24, 2.45) is 0 Å². The van der Waals surface area contributed by atoms with Crippen LogP contribution in [0.4, 0.5) is 0 Å². The molecule has 0 N–H and O–H groups in total. The second kappa shape index (κ2) is 8.17. The quantitative estimate of drug-likeness (QED) is 0.432. The average molecular weight is 346 g/mol. The zero-order valence-corrected chi connectivity index (χ0v) is 15.0. The Hall–Kier alpha value is -2.32. The molecule has 0 heterocycles. The van der Waals surface area contributed by atoms with Crippen LogP contribution in [0, 0.1) is 0 Å². The monoisotopic (exact) mass is 346 g/mol. The van der Waals surface area contributed by atoms with Gasteiger partial charge in [-0.05, 0) is 29.5 Å². The average Bonchev–Trinajstić information content (AvgIpc) is 2.67. The van der Waals surface area contributed by atoms with Gasteiger partial charge in [-0.2, -0.15) is 0 Å². The lowest BCUT2D eigenvalue weighted by atomic mass is 9.66. The Morgan fingerprint density at radius 2 is 1.04 bits per heavy atom. The summed E-state index contributed by atoms with van der Waals surface area (Å²) < 4.78 is 0. The zero-order chi connectivity index (χ0) is 17.5. The lowest BCUT2D eigenvalue weighted by molar-refractivity contribution is -0.110. The Morgan fingerprint density at radius 1 is 0.680 bits per heavy atom. The van der Waals surface area contributed by atoms with Gasteiger partial charge >= 0.3 is 0 Å².